The Kier molecular flexibility index (Phi) is 5.16. The molecule has 0 aliphatic carbocycles. The highest BCUT2D eigenvalue weighted by Crippen LogP contribution is 2.20. The van der Waals surface area contributed by atoms with Crippen LogP contribution in [0.3, 0.4) is 0 Å². The van der Waals surface area contributed by atoms with Crippen LogP contribution in [0.1, 0.15) is 41.4 Å². The molecule has 0 bridgehead atoms. The number of oxazole rings is 1. The van der Waals surface area contributed by atoms with Crippen LogP contribution in [-0.4, -0.2) is 34.9 Å². The van der Waals surface area contributed by atoms with Gasteiger partial charge >= 0.3 is 0 Å². The molecule has 2 rings (SSSR count). The zero-order chi connectivity index (χ0) is 12.4. The first-order valence-corrected chi connectivity index (χ1v) is 6.08. The van der Waals surface area contributed by atoms with E-state index in [1.54, 1.807) is 13.8 Å². The van der Waals surface area contributed by atoms with Crippen molar-refractivity contribution >= 4 is 18.3 Å². The van der Waals surface area contributed by atoms with Crippen LogP contribution in [0.15, 0.2) is 4.42 Å². The molecule has 0 radical (unpaired) electrons. The van der Waals surface area contributed by atoms with Crippen LogP contribution in [-0.2, 0) is 0 Å². The summed E-state index contributed by atoms with van der Waals surface area (Å²) in [6.07, 6.45) is 3.16. The number of carbonyl (C=O) groups is 1. The Bertz CT molecular complexity index is 419. The van der Waals surface area contributed by atoms with E-state index in [0.29, 0.717) is 23.9 Å². The predicted octanol–water partition coefficient (Wildman–Crippen LogP) is 1.67. The number of amides is 1. The zero-order valence-electron chi connectivity index (χ0n) is 10.8. The highest BCUT2D eigenvalue weighted by Gasteiger charge is 2.29. The van der Waals surface area contributed by atoms with Gasteiger partial charge in [0.1, 0.15) is 0 Å². The van der Waals surface area contributed by atoms with Crippen LogP contribution in [0.4, 0.5) is 0 Å². The van der Waals surface area contributed by atoms with E-state index in [1.165, 1.54) is 0 Å². The average Bonchev–Trinajstić information content (AvgIpc) is 2.67. The van der Waals surface area contributed by atoms with E-state index in [1.807, 2.05) is 4.90 Å². The summed E-state index contributed by atoms with van der Waals surface area (Å²) in [5.74, 6) is 0.827. The number of aromatic nitrogens is 1. The molecule has 1 fully saturated rings. The molecule has 1 saturated heterocycles. The fraction of sp³-hybridized carbons (Fsp3) is 0.667. The topological polar surface area (TPSA) is 72.4 Å². The molecule has 0 spiro atoms. The van der Waals surface area contributed by atoms with Crippen molar-refractivity contribution in [1.82, 2.24) is 9.88 Å². The lowest BCUT2D eigenvalue weighted by Crippen LogP contribution is -2.47. The molecule has 1 aliphatic heterocycles. The van der Waals surface area contributed by atoms with Crippen molar-refractivity contribution in [2.75, 3.05) is 13.1 Å². The number of likely N-dealkylation sites (tertiary alicyclic amines) is 1. The van der Waals surface area contributed by atoms with E-state index in [0.717, 1.165) is 25.8 Å². The van der Waals surface area contributed by atoms with Crippen molar-refractivity contribution < 1.29 is 9.21 Å². The Morgan fingerprint density at radius 3 is 2.78 bits per heavy atom. The van der Waals surface area contributed by atoms with Gasteiger partial charge in [0.15, 0.2) is 5.89 Å². The zero-order valence-corrected chi connectivity index (χ0v) is 11.6. The normalized spacial score (nSPS) is 19.5. The molecule has 1 aromatic rings. The summed E-state index contributed by atoms with van der Waals surface area (Å²) in [7, 11) is 0. The lowest BCUT2D eigenvalue weighted by molar-refractivity contribution is 0.0588. The van der Waals surface area contributed by atoms with Crippen molar-refractivity contribution in [3.8, 4) is 0 Å². The smallest absolute Gasteiger partial charge is 0.291 e. The lowest BCUT2D eigenvalue weighted by Gasteiger charge is -2.34. The van der Waals surface area contributed by atoms with Gasteiger partial charge < -0.3 is 15.1 Å². The molecule has 18 heavy (non-hydrogen) atoms. The molecule has 2 N–H and O–H groups in total. The fourth-order valence-corrected chi connectivity index (χ4v) is 2.37. The minimum absolute atomic E-state index is 0. The van der Waals surface area contributed by atoms with E-state index in [2.05, 4.69) is 4.98 Å². The molecule has 5 nitrogen and oxygen atoms in total. The molecular weight excluding hydrogens is 254 g/mol. The van der Waals surface area contributed by atoms with Crippen LogP contribution in [0, 0.1) is 13.8 Å². The van der Waals surface area contributed by atoms with E-state index in [4.69, 9.17) is 10.2 Å². The summed E-state index contributed by atoms with van der Waals surface area (Å²) in [4.78, 5) is 18.3. The molecule has 1 aromatic heterocycles. The summed E-state index contributed by atoms with van der Waals surface area (Å²) in [6, 6.07) is 0.140. The summed E-state index contributed by atoms with van der Waals surface area (Å²) >= 11 is 0. The SMILES string of the molecule is Cc1nc(C)c(C(=O)N2CCCCC2CN)o1.Cl. The number of nitrogens with two attached hydrogens (primary N) is 1. The van der Waals surface area contributed by atoms with Gasteiger partial charge in [0.25, 0.3) is 5.91 Å². The molecule has 2 heterocycles. The quantitative estimate of drug-likeness (QED) is 0.890. The largest absolute Gasteiger partial charge is 0.436 e. The standard InChI is InChI=1S/C12H19N3O2.ClH/c1-8-11(17-9(2)14-8)12(16)15-6-4-3-5-10(15)7-13;/h10H,3-7,13H2,1-2H3;1H. The Balaban J connectivity index is 0.00000162. The third kappa shape index (κ3) is 2.84. The van der Waals surface area contributed by atoms with Gasteiger partial charge in [-0.25, -0.2) is 4.98 Å². The van der Waals surface area contributed by atoms with Crippen molar-refractivity contribution in [2.24, 2.45) is 5.73 Å². The average molecular weight is 274 g/mol. The maximum atomic E-state index is 12.3. The summed E-state index contributed by atoms with van der Waals surface area (Å²) in [5.41, 5.74) is 6.37. The highest BCUT2D eigenvalue weighted by atomic mass is 35.5. The molecule has 0 aromatic carbocycles. The van der Waals surface area contributed by atoms with Gasteiger partial charge in [-0.3, -0.25) is 4.79 Å². The molecule has 1 aliphatic rings. The van der Waals surface area contributed by atoms with Crippen molar-refractivity contribution in [3.05, 3.63) is 17.3 Å². The molecule has 6 heteroatoms. The minimum atomic E-state index is -0.0711. The minimum Gasteiger partial charge on any atom is -0.436 e. The van der Waals surface area contributed by atoms with Crippen molar-refractivity contribution in [2.45, 2.75) is 39.2 Å². The van der Waals surface area contributed by atoms with E-state index < -0.39 is 0 Å². The molecule has 0 saturated carbocycles. The number of piperidine rings is 1. The Morgan fingerprint density at radius 1 is 1.50 bits per heavy atom. The molecular formula is C12H20ClN3O2. The van der Waals surface area contributed by atoms with Gasteiger partial charge in [0, 0.05) is 26.1 Å². The van der Waals surface area contributed by atoms with Gasteiger partial charge in [0.2, 0.25) is 5.76 Å². The molecule has 102 valence electrons. The second-order valence-corrected chi connectivity index (χ2v) is 4.53. The first-order valence-electron chi connectivity index (χ1n) is 6.08. The lowest BCUT2D eigenvalue weighted by atomic mass is 10.0. The van der Waals surface area contributed by atoms with Crippen molar-refractivity contribution in [1.29, 1.82) is 0 Å². The third-order valence-corrected chi connectivity index (χ3v) is 3.26. The Hall–Kier alpha value is -1.07. The van der Waals surface area contributed by atoms with E-state index in [-0.39, 0.29) is 24.4 Å². The number of carbonyl (C=O) groups excluding carboxylic acids is 1. The predicted molar refractivity (Wildman–Crippen MR) is 71.0 cm³/mol. The number of hydrogen-bond acceptors (Lipinski definition) is 4. The number of aryl methyl sites for hydroxylation is 2. The number of nitrogens with zero attached hydrogens (tertiary/aromatic N) is 2. The molecule has 1 atom stereocenters. The van der Waals surface area contributed by atoms with Gasteiger partial charge in [-0.05, 0) is 26.2 Å². The van der Waals surface area contributed by atoms with E-state index in [9.17, 15) is 4.79 Å². The fourth-order valence-electron chi connectivity index (χ4n) is 2.37. The van der Waals surface area contributed by atoms with Crippen molar-refractivity contribution in [3.63, 3.8) is 0 Å². The van der Waals surface area contributed by atoms with Gasteiger partial charge in [-0.15, -0.1) is 12.4 Å². The first-order chi connectivity index (χ1) is 8.13. The van der Waals surface area contributed by atoms with Crippen LogP contribution in [0.2, 0.25) is 0 Å². The van der Waals surface area contributed by atoms with Crippen LogP contribution >= 0.6 is 12.4 Å². The summed E-state index contributed by atoms with van der Waals surface area (Å²) < 4.78 is 5.38. The van der Waals surface area contributed by atoms with Crippen LogP contribution < -0.4 is 5.73 Å². The highest BCUT2D eigenvalue weighted by molar-refractivity contribution is 5.92. The van der Waals surface area contributed by atoms with Crippen LogP contribution in [0.5, 0.6) is 0 Å². The summed E-state index contributed by atoms with van der Waals surface area (Å²) in [5, 5.41) is 0. The Labute approximate surface area is 113 Å². The maximum absolute atomic E-state index is 12.3. The third-order valence-electron chi connectivity index (χ3n) is 3.26. The number of hydrogen-bond donors (Lipinski definition) is 1. The van der Waals surface area contributed by atoms with Gasteiger partial charge in [-0.1, -0.05) is 0 Å². The first kappa shape index (κ1) is 15.0. The number of halogens is 1. The monoisotopic (exact) mass is 273 g/mol. The van der Waals surface area contributed by atoms with E-state index >= 15 is 0 Å². The molecule has 1 unspecified atom stereocenters. The maximum Gasteiger partial charge on any atom is 0.291 e. The summed E-state index contributed by atoms with van der Waals surface area (Å²) in [6.45, 7) is 4.82. The van der Waals surface area contributed by atoms with Crippen LogP contribution in [0.25, 0.3) is 0 Å². The Morgan fingerprint density at radius 2 is 2.22 bits per heavy atom. The van der Waals surface area contributed by atoms with Gasteiger partial charge in [0.05, 0.1) is 5.69 Å². The molecule has 1 amide bonds. The second-order valence-electron chi connectivity index (χ2n) is 4.53. The van der Waals surface area contributed by atoms with Gasteiger partial charge in [-0.2, -0.15) is 0 Å². The second kappa shape index (κ2) is 6.20. The number of rotatable bonds is 2.